The second kappa shape index (κ2) is 2.17. The Balaban J connectivity index is 3.38. The number of nitrogens with one attached hydrogen (secondary N) is 2. The van der Waals surface area contributed by atoms with E-state index in [0.717, 1.165) is 4.57 Å². The lowest BCUT2D eigenvalue weighted by atomic mass is 10.4. The summed E-state index contributed by atoms with van der Waals surface area (Å²) in [6.07, 6.45) is 0. The predicted octanol–water partition coefficient (Wildman–Crippen LogP) is -0.554. The van der Waals surface area contributed by atoms with Crippen LogP contribution in [0.3, 0.4) is 0 Å². The van der Waals surface area contributed by atoms with Crippen molar-refractivity contribution in [2.24, 2.45) is 0 Å². The smallest absolute Gasteiger partial charge is 0.247 e. The van der Waals surface area contributed by atoms with E-state index in [9.17, 15) is 9.59 Å². The van der Waals surface area contributed by atoms with Crippen molar-refractivity contribution in [3.05, 3.63) is 21.0 Å². The molecule has 0 amide bonds. The van der Waals surface area contributed by atoms with Crippen molar-refractivity contribution in [1.82, 2.24) is 14.8 Å². The monoisotopic (exact) mass is 143 g/mol. The van der Waals surface area contributed by atoms with E-state index in [0.29, 0.717) is 0 Å². The molecule has 0 aliphatic heterocycles. The Morgan fingerprint density at radius 1 is 1.20 bits per heavy atom. The first-order valence-corrected chi connectivity index (χ1v) is 3.02. The van der Waals surface area contributed by atoms with Crippen molar-refractivity contribution < 1.29 is 0 Å². The zero-order valence-corrected chi connectivity index (χ0v) is 5.84. The van der Waals surface area contributed by atoms with Gasteiger partial charge in [-0.1, -0.05) is 0 Å². The summed E-state index contributed by atoms with van der Waals surface area (Å²) < 4.78 is 1.11. The molecule has 5 heteroatoms. The molecule has 5 nitrogen and oxygen atoms in total. The van der Waals surface area contributed by atoms with Crippen LogP contribution in [-0.4, -0.2) is 14.8 Å². The molecule has 2 N–H and O–H groups in total. The van der Waals surface area contributed by atoms with E-state index < -0.39 is 0 Å². The maximum absolute atomic E-state index is 10.8. The summed E-state index contributed by atoms with van der Waals surface area (Å²) in [5.74, 6) is 0. The van der Waals surface area contributed by atoms with Gasteiger partial charge >= 0.3 is 11.4 Å². The first kappa shape index (κ1) is 6.85. The molecule has 0 aromatic carbocycles. The first-order valence-electron chi connectivity index (χ1n) is 3.02. The van der Waals surface area contributed by atoms with Gasteiger partial charge in [-0.15, -0.1) is 0 Å². The molecule has 0 fully saturated rings. The Labute approximate surface area is 56.7 Å². The third-order valence-electron chi connectivity index (χ3n) is 1.23. The van der Waals surface area contributed by atoms with E-state index in [4.69, 9.17) is 0 Å². The fraction of sp³-hybridized carbons (Fsp3) is 0.600. The fourth-order valence-corrected chi connectivity index (χ4v) is 0.789. The van der Waals surface area contributed by atoms with E-state index in [-0.39, 0.29) is 17.4 Å². The minimum atomic E-state index is -0.389. The molecule has 0 unspecified atom stereocenters. The van der Waals surface area contributed by atoms with Gasteiger partial charge in [0.05, 0.1) is 0 Å². The van der Waals surface area contributed by atoms with Gasteiger partial charge in [-0.05, 0) is 13.8 Å². The zero-order valence-electron chi connectivity index (χ0n) is 5.84. The molecule has 0 radical (unpaired) electrons. The number of hydrogen-bond acceptors (Lipinski definition) is 2. The summed E-state index contributed by atoms with van der Waals surface area (Å²) in [5.41, 5.74) is -0.778. The second-order valence-corrected chi connectivity index (χ2v) is 2.32. The lowest BCUT2D eigenvalue weighted by Gasteiger charge is -1.99. The maximum atomic E-state index is 10.8. The number of rotatable bonds is 1. The van der Waals surface area contributed by atoms with Crippen LogP contribution in [0.2, 0.25) is 0 Å². The molecule has 1 heterocycles. The van der Waals surface area contributed by atoms with Crippen molar-refractivity contribution in [2.75, 3.05) is 0 Å². The molecular weight excluding hydrogens is 134 g/mol. The van der Waals surface area contributed by atoms with Gasteiger partial charge in [-0.2, -0.15) is 0 Å². The zero-order chi connectivity index (χ0) is 7.72. The van der Waals surface area contributed by atoms with Crippen LogP contribution < -0.4 is 11.4 Å². The third-order valence-corrected chi connectivity index (χ3v) is 1.23. The van der Waals surface area contributed by atoms with Crippen molar-refractivity contribution in [1.29, 1.82) is 0 Å². The van der Waals surface area contributed by atoms with Crippen molar-refractivity contribution >= 4 is 0 Å². The Morgan fingerprint density at radius 3 is 1.80 bits per heavy atom. The molecule has 0 saturated heterocycles. The Bertz CT molecular complexity index is 289. The maximum Gasteiger partial charge on any atom is 0.344 e. The number of aromatic nitrogens is 3. The lowest BCUT2D eigenvalue weighted by molar-refractivity contribution is 0.562. The van der Waals surface area contributed by atoms with E-state index in [2.05, 4.69) is 10.2 Å². The standard InChI is InChI=1S/C5H9N3O2/c1-3(2)8-4(9)6-7-5(8)10/h3H,1-2H3,(H,6,9)(H,7,10). The predicted molar refractivity (Wildman–Crippen MR) is 36.1 cm³/mol. The second-order valence-electron chi connectivity index (χ2n) is 2.32. The molecule has 1 rings (SSSR count). The Morgan fingerprint density at radius 2 is 1.60 bits per heavy atom. The van der Waals surface area contributed by atoms with Crippen LogP contribution in [0.25, 0.3) is 0 Å². The van der Waals surface area contributed by atoms with Crippen LogP contribution in [0.4, 0.5) is 0 Å². The van der Waals surface area contributed by atoms with Gasteiger partial charge in [-0.25, -0.2) is 24.4 Å². The molecule has 0 aliphatic rings. The highest BCUT2D eigenvalue weighted by Crippen LogP contribution is 1.91. The van der Waals surface area contributed by atoms with Gasteiger partial charge in [-0.3, -0.25) is 0 Å². The average molecular weight is 143 g/mol. The highest BCUT2D eigenvalue weighted by molar-refractivity contribution is 4.68. The van der Waals surface area contributed by atoms with Crippen molar-refractivity contribution in [3.63, 3.8) is 0 Å². The first-order chi connectivity index (χ1) is 4.63. The van der Waals surface area contributed by atoms with Gasteiger partial charge in [0.25, 0.3) is 0 Å². The molecule has 1 aromatic rings. The third kappa shape index (κ3) is 0.896. The average Bonchev–Trinajstić information content (AvgIpc) is 2.11. The topological polar surface area (TPSA) is 70.7 Å². The summed E-state index contributed by atoms with van der Waals surface area (Å²) >= 11 is 0. The van der Waals surface area contributed by atoms with Crippen LogP contribution in [0.15, 0.2) is 9.59 Å². The van der Waals surface area contributed by atoms with E-state index in [1.165, 1.54) is 0 Å². The minimum Gasteiger partial charge on any atom is -0.247 e. The number of aromatic amines is 2. The SMILES string of the molecule is CC(C)n1c(=O)[nH][nH]c1=O. The molecular formula is C5H9N3O2. The number of H-pyrrole nitrogens is 2. The van der Waals surface area contributed by atoms with Crippen molar-refractivity contribution in [2.45, 2.75) is 19.9 Å². The number of hydrogen-bond donors (Lipinski definition) is 2. The summed E-state index contributed by atoms with van der Waals surface area (Å²) in [5, 5.41) is 4.38. The molecule has 56 valence electrons. The fourth-order valence-electron chi connectivity index (χ4n) is 0.789. The van der Waals surface area contributed by atoms with Gasteiger partial charge in [0, 0.05) is 6.04 Å². The number of nitrogens with zero attached hydrogens (tertiary/aromatic N) is 1. The van der Waals surface area contributed by atoms with Gasteiger partial charge < -0.3 is 0 Å². The highest BCUT2D eigenvalue weighted by atomic mass is 16.2. The Hall–Kier alpha value is -1.26. The van der Waals surface area contributed by atoms with E-state index in [1.54, 1.807) is 13.8 Å². The molecule has 0 aliphatic carbocycles. The lowest BCUT2D eigenvalue weighted by Crippen LogP contribution is -2.28. The highest BCUT2D eigenvalue weighted by Gasteiger charge is 2.04. The molecule has 0 saturated carbocycles. The van der Waals surface area contributed by atoms with Crippen LogP contribution >= 0.6 is 0 Å². The molecule has 0 bridgehead atoms. The quantitative estimate of drug-likeness (QED) is 0.553. The van der Waals surface area contributed by atoms with Crippen LogP contribution in [0.1, 0.15) is 19.9 Å². The van der Waals surface area contributed by atoms with Crippen LogP contribution in [0.5, 0.6) is 0 Å². The van der Waals surface area contributed by atoms with E-state index >= 15 is 0 Å². The van der Waals surface area contributed by atoms with Crippen LogP contribution in [-0.2, 0) is 0 Å². The summed E-state index contributed by atoms with van der Waals surface area (Å²) in [4.78, 5) is 21.5. The molecule has 0 atom stereocenters. The molecule has 0 spiro atoms. The van der Waals surface area contributed by atoms with Crippen LogP contribution in [0, 0.1) is 0 Å². The van der Waals surface area contributed by atoms with Gasteiger partial charge in [0.1, 0.15) is 0 Å². The summed E-state index contributed by atoms with van der Waals surface area (Å²) in [7, 11) is 0. The molecule has 1 aromatic heterocycles. The van der Waals surface area contributed by atoms with E-state index in [1.807, 2.05) is 0 Å². The summed E-state index contributed by atoms with van der Waals surface area (Å²) in [6.45, 7) is 3.54. The van der Waals surface area contributed by atoms with Gasteiger partial charge in [0.2, 0.25) is 0 Å². The Kier molecular flexibility index (Phi) is 1.48. The largest absolute Gasteiger partial charge is 0.344 e. The summed E-state index contributed by atoms with van der Waals surface area (Å²) in [6, 6.07) is -0.0949. The van der Waals surface area contributed by atoms with Crippen molar-refractivity contribution in [3.8, 4) is 0 Å². The van der Waals surface area contributed by atoms with Gasteiger partial charge in [0.15, 0.2) is 0 Å². The normalized spacial score (nSPS) is 10.7. The minimum absolute atomic E-state index is 0.0949. The molecule has 10 heavy (non-hydrogen) atoms.